The molecule has 1 saturated carbocycles. The molecule has 1 aliphatic carbocycles. The summed E-state index contributed by atoms with van der Waals surface area (Å²) < 4.78 is 0. The van der Waals surface area contributed by atoms with Gasteiger partial charge in [-0.2, -0.15) is 0 Å². The molecule has 1 aromatic carbocycles. The van der Waals surface area contributed by atoms with Crippen LogP contribution in [0.5, 0.6) is 5.75 Å². The molecule has 0 atom stereocenters. The summed E-state index contributed by atoms with van der Waals surface area (Å²) in [7, 11) is 0. The predicted octanol–water partition coefficient (Wildman–Crippen LogP) is 3.86. The number of nitrogens with one attached hydrogen (secondary N) is 1. The van der Waals surface area contributed by atoms with E-state index in [1.54, 1.807) is 6.07 Å². The van der Waals surface area contributed by atoms with Gasteiger partial charge in [-0.15, -0.1) is 0 Å². The van der Waals surface area contributed by atoms with Crippen molar-refractivity contribution in [3.05, 3.63) is 28.8 Å². The highest BCUT2D eigenvalue weighted by atomic mass is 35.5. The molecule has 94 valence electrons. The topological polar surface area (TPSA) is 32.3 Å². The van der Waals surface area contributed by atoms with E-state index in [-0.39, 0.29) is 5.75 Å². The largest absolute Gasteiger partial charge is 0.506 e. The summed E-state index contributed by atoms with van der Waals surface area (Å²) >= 11 is 5.88. The Morgan fingerprint density at radius 3 is 2.53 bits per heavy atom. The number of phenols is 1. The van der Waals surface area contributed by atoms with Gasteiger partial charge in [0.1, 0.15) is 5.75 Å². The van der Waals surface area contributed by atoms with Crippen LogP contribution in [0.25, 0.3) is 0 Å². The molecule has 0 heterocycles. The van der Waals surface area contributed by atoms with E-state index in [1.165, 1.54) is 38.5 Å². The zero-order valence-electron chi connectivity index (χ0n) is 10.1. The Kier molecular flexibility index (Phi) is 4.69. The first-order chi connectivity index (χ1) is 8.25. The molecule has 2 rings (SSSR count). The minimum Gasteiger partial charge on any atom is -0.506 e. The second-order valence-electron chi connectivity index (χ2n) is 4.86. The molecule has 3 heteroatoms. The maximum atomic E-state index is 9.35. The molecule has 0 saturated heterocycles. The van der Waals surface area contributed by atoms with E-state index in [2.05, 4.69) is 5.32 Å². The first kappa shape index (κ1) is 12.7. The van der Waals surface area contributed by atoms with Gasteiger partial charge in [0, 0.05) is 12.6 Å². The maximum Gasteiger partial charge on any atom is 0.134 e. The van der Waals surface area contributed by atoms with E-state index < -0.39 is 0 Å². The van der Waals surface area contributed by atoms with Crippen LogP contribution in [0.15, 0.2) is 18.2 Å². The standard InChI is InChI=1S/C14H20ClNO/c15-13-9-11(7-8-14(13)17)10-16-12-5-3-1-2-4-6-12/h7-9,12,16-17H,1-6,10H2. The van der Waals surface area contributed by atoms with Crippen molar-refractivity contribution in [2.24, 2.45) is 0 Å². The fourth-order valence-corrected chi connectivity index (χ4v) is 2.61. The lowest BCUT2D eigenvalue weighted by atomic mass is 10.1. The molecule has 0 amide bonds. The molecule has 0 aromatic heterocycles. The molecule has 2 nitrogen and oxygen atoms in total. The molecule has 0 spiro atoms. The van der Waals surface area contributed by atoms with Crippen LogP contribution in [-0.2, 0) is 6.54 Å². The Bertz CT molecular complexity index is 359. The highest BCUT2D eigenvalue weighted by Crippen LogP contribution is 2.24. The van der Waals surface area contributed by atoms with Gasteiger partial charge >= 0.3 is 0 Å². The molecule has 17 heavy (non-hydrogen) atoms. The van der Waals surface area contributed by atoms with Crippen LogP contribution in [0.2, 0.25) is 5.02 Å². The zero-order chi connectivity index (χ0) is 12.1. The van der Waals surface area contributed by atoms with Gasteiger partial charge in [0.15, 0.2) is 0 Å². The van der Waals surface area contributed by atoms with E-state index in [0.29, 0.717) is 11.1 Å². The summed E-state index contributed by atoms with van der Waals surface area (Å²) in [5, 5.41) is 13.4. The van der Waals surface area contributed by atoms with Gasteiger partial charge < -0.3 is 10.4 Å². The maximum absolute atomic E-state index is 9.35. The molecule has 0 aliphatic heterocycles. The van der Waals surface area contributed by atoms with Gasteiger partial charge in [0.2, 0.25) is 0 Å². The third-order valence-corrected chi connectivity index (χ3v) is 3.76. The molecule has 1 aromatic rings. The summed E-state index contributed by atoms with van der Waals surface area (Å²) in [6.07, 6.45) is 8.01. The van der Waals surface area contributed by atoms with E-state index in [1.807, 2.05) is 12.1 Å². The van der Waals surface area contributed by atoms with Crippen molar-refractivity contribution in [1.82, 2.24) is 5.32 Å². The number of hydrogen-bond acceptors (Lipinski definition) is 2. The van der Waals surface area contributed by atoms with Gasteiger partial charge in [-0.25, -0.2) is 0 Å². The van der Waals surface area contributed by atoms with Crippen molar-refractivity contribution in [2.75, 3.05) is 0 Å². The minimum atomic E-state index is 0.157. The second-order valence-corrected chi connectivity index (χ2v) is 5.26. The fourth-order valence-electron chi connectivity index (χ4n) is 2.41. The Labute approximate surface area is 108 Å². The number of hydrogen-bond donors (Lipinski definition) is 2. The van der Waals surface area contributed by atoms with Crippen molar-refractivity contribution in [1.29, 1.82) is 0 Å². The molecular weight excluding hydrogens is 234 g/mol. The van der Waals surface area contributed by atoms with Crippen LogP contribution in [0.4, 0.5) is 0 Å². The number of phenolic OH excluding ortho intramolecular Hbond substituents is 1. The minimum absolute atomic E-state index is 0.157. The van der Waals surface area contributed by atoms with E-state index in [0.717, 1.165) is 12.1 Å². The predicted molar refractivity (Wildman–Crippen MR) is 71.4 cm³/mol. The molecule has 0 bridgehead atoms. The Hall–Kier alpha value is -0.730. The summed E-state index contributed by atoms with van der Waals surface area (Å²) in [6.45, 7) is 0.838. The van der Waals surface area contributed by atoms with Crippen LogP contribution < -0.4 is 5.32 Å². The van der Waals surface area contributed by atoms with Crippen molar-refractivity contribution in [3.63, 3.8) is 0 Å². The van der Waals surface area contributed by atoms with Crippen LogP contribution in [-0.4, -0.2) is 11.1 Å². The average Bonchev–Trinajstić information content (AvgIpc) is 2.59. The van der Waals surface area contributed by atoms with Gasteiger partial charge in [0.25, 0.3) is 0 Å². The SMILES string of the molecule is Oc1ccc(CNC2CCCCCC2)cc1Cl. The molecular formula is C14H20ClNO. The Morgan fingerprint density at radius 2 is 1.88 bits per heavy atom. The average molecular weight is 254 g/mol. The van der Waals surface area contributed by atoms with E-state index >= 15 is 0 Å². The lowest BCUT2D eigenvalue weighted by Gasteiger charge is -2.16. The van der Waals surface area contributed by atoms with Crippen molar-refractivity contribution in [3.8, 4) is 5.75 Å². The second kappa shape index (κ2) is 6.27. The summed E-state index contributed by atoms with van der Waals surface area (Å²) in [5.74, 6) is 0.157. The van der Waals surface area contributed by atoms with E-state index in [4.69, 9.17) is 11.6 Å². The number of benzene rings is 1. The van der Waals surface area contributed by atoms with Gasteiger partial charge in [-0.3, -0.25) is 0 Å². The lowest BCUT2D eigenvalue weighted by molar-refractivity contribution is 0.457. The summed E-state index contributed by atoms with van der Waals surface area (Å²) in [5.41, 5.74) is 1.14. The molecule has 0 unspecified atom stereocenters. The van der Waals surface area contributed by atoms with Crippen molar-refractivity contribution < 1.29 is 5.11 Å². The third-order valence-electron chi connectivity index (χ3n) is 3.46. The Balaban J connectivity index is 1.85. The fraction of sp³-hybridized carbons (Fsp3) is 0.571. The molecule has 2 N–H and O–H groups in total. The quantitative estimate of drug-likeness (QED) is 0.802. The van der Waals surface area contributed by atoms with Crippen LogP contribution in [0, 0.1) is 0 Å². The van der Waals surface area contributed by atoms with Crippen LogP contribution >= 0.6 is 11.6 Å². The Morgan fingerprint density at radius 1 is 1.18 bits per heavy atom. The first-order valence-corrected chi connectivity index (χ1v) is 6.84. The third kappa shape index (κ3) is 3.90. The van der Waals surface area contributed by atoms with Gasteiger partial charge in [0.05, 0.1) is 5.02 Å². The number of halogens is 1. The highest BCUT2D eigenvalue weighted by Gasteiger charge is 2.11. The number of rotatable bonds is 3. The van der Waals surface area contributed by atoms with Crippen molar-refractivity contribution >= 4 is 11.6 Å². The van der Waals surface area contributed by atoms with E-state index in [9.17, 15) is 5.11 Å². The van der Waals surface area contributed by atoms with Crippen LogP contribution in [0.1, 0.15) is 44.1 Å². The van der Waals surface area contributed by atoms with Crippen molar-refractivity contribution in [2.45, 2.75) is 51.1 Å². The normalized spacial score (nSPS) is 17.9. The molecule has 0 radical (unpaired) electrons. The molecule has 1 aliphatic rings. The zero-order valence-corrected chi connectivity index (χ0v) is 10.8. The number of aromatic hydroxyl groups is 1. The lowest BCUT2D eigenvalue weighted by Crippen LogP contribution is -2.27. The van der Waals surface area contributed by atoms with Gasteiger partial charge in [-0.1, -0.05) is 43.4 Å². The summed E-state index contributed by atoms with van der Waals surface area (Å²) in [4.78, 5) is 0. The van der Waals surface area contributed by atoms with Crippen LogP contribution in [0.3, 0.4) is 0 Å². The van der Waals surface area contributed by atoms with Gasteiger partial charge in [-0.05, 0) is 30.5 Å². The molecule has 1 fully saturated rings. The smallest absolute Gasteiger partial charge is 0.134 e. The highest BCUT2D eigenvalue weighted by molar-refractivity contribution is 6.32. The first-order valence-electron chi connectivity index (χ1n) is 6.46. The summed E-state index contributed by atoms with van der Waals surface area (Å²) in [6, 6.07) is 6.06. The monoisotopic (exact) mass is 253 g/mol.